The van der Waals surface area contributed by atoms with Crippen LogP contribution in [0, 0.1) is 34.5 Å². The van der Waals surface area contributed by atoms with Gasteiger partial charge >= 0.3 is 0 Å². The number of amides is 1. The quantitative estimate of drug-likeness (QED) is 0.827. The van der Waals surface area contributed by atoms with Crippen LogP contribution in [0.3, 0.4) is 0 Å². The number of nitriles is 1. The van der Waals surface area contributed by atoms with Gasteiger partial charge < -0.3 is 4.90 Å². The van der Waals surface area contributed by atoms with Crippen LogP contribution in [0.25, 0.3) is 0 Å². The molecule has 1 aromatic carbocycles. The topological polar surface area (TPSA) is 47.3 Å². The van der Waals surface area contributed by atoms with Gasteiger partial charge in [0.25, 0.3) is 0 Å². The number of hydrogen-bond donors (Lipinski definition) is 0. The number of rotatable bonds is 3. The lowest BCUT2D eigenvalue weighted by atomic mass is 9.49. The molecule has 5 fully saturated rings. The third kappa shape index (κ3) is 3.17. The molecule has 0 unspecified atom stereocenters. The first-order valence-corrected chi connectivity index (χ1v) is 10.6. The molecule has 0 atom stereocenters. The van der Waals surface area contributed by atoms with Crippen LogP contribution in [0.15, 0.2) is 24.3 Å². The summed E-state index contributed by atoms with van der Waals surface area (Å²) < 4.78 is 0. The van der Waals surface area contributed by atoms with Gasteiger partial charge in [-0.1, -0.05) is 12.1 Å². The van der Waals surface area contributed by atoms with Gasteiger partial charge in [0.05, 0.1) is 17.0 Å². The van der Waals surface area contributed by atoms with E-state index < -0.39 is 0 Å². The van der Waals surface area contributed by atoms with E-state index in [-0.39, 0.29) is 5.41 Å². The van der Waals surface area contributed by atoms with Crippen molar-refractivity contribution in [2.24, 2.45) is 23.2 Å². The molecule has 0 aromatic heterocycles. The van der Waals surface area contributed by atoms with E-state index >= 15 is 0 Å². The molecule has 1 amide bonds. The van der Waals surface area contributed by atoms with Gasteiger partial charge in [-0.15, -0.1) is 0 Å². The van der Waals surface area contributed by atoms with Crippen LogP contribution in [-0.4, -0.2) is 41.9 Å². The molecule has 27 heavy (non-hydrogen) atoms. The van der Waals surface area contributed by atoms with E-state index in [4.69, 9.17) is 5.26 Å². The molecular formula is C23H29N3O. The Morgan fingerprint density at radius 3 is 2.04 bits per heavy atom. The summed E-state index contributed by atoms with van der Waals surface area (Å²) in [6, 6.07) is 10.0. The molecule has 1 aromatic rings. The molecule has 6 rings (SSSR count). The van der Waals surface area contributed by atoms with Gasteiger partial charge in [0.2, 0.25) is 5.91 Å². The van der Waals surface area contributed by atoms with Gasteiger partial charge in [0.15, 0.2) is 0 Å². The summed E-state index contributed by atoms with van der Waals surface area (Å²) in [6.45, 7) is 4.56. The number of benzene rings is 1. The minimum absolute atomic E-state index is 0.00401. The Bertz CT molecular complexity index is 720. The molecule has 1 saturated heterocycles. The highest BCUT2D eigenvalue weighted by Crippen LogP contribution is 2.60. The van der Waals surface area contributed by atoms with Crippen molar-refractivity contribution in [2.45, 2.75) is 45.1 Å². The smallest absolute Gasteiger partial charge is 0.228 e. The molecule has 1 aliphatic heterocycles. The SMILES string of the molecule is N#Cc1ccc(CN2CCN(C(=O)C34CC5CC(CC(C5)C3)C4)CC2)cc1. The fourth-order valence-corrected chi connectivity index (χ4v) is 6.76. The van der Waals surface area contributed by atoms with Crippen molar-refractivity contribution >= 4 is 5.91 Å². The van der Waals surface area contributed by atoms with Crippen LogP contribution in [0.2, 0.25) is 0 Å². The van der Waals surface area contributed by atoms with E-state index in [0.717, 1.165) is 50.5 Å². The number of nitrogens with zero attached hydrogens (tertiary/aromatic N) is 3. The largest absolute Gasteiger partial charge is 0.340 e. The number of carbonyl (C=O) groups excluding carboxylic acids is 1. The van der Waals surface area contributed by atoms with Crippen molar-refractivity contribution in [1.29, 1.82) is 5.26 Å². The zero-order valence-corrected chi connectivity index (χ0v) is 16.1. The second-order valence-corrected chi connectivity index (χ2v) is 9.57. The fourth-order valence-electron chi connectivity index (χ4n) is 6.76. The number of carbonyl (C=O) groups is 1. The summed E-state index contributed by atoms with van der Waals surface area (Å²) in [6.07, 6.45) is 7.69. The first-order chi connectivity index (χ1) is 13.1. The average Bonchev–Trinajstić information content (AvgIpc) is 2.68. The van der Waals surface area contributed by atoms with E-state index in [1.807, 2.05) is 24.3 Å². The molecular weight excluding hydrogens is 334 g/mol. The predicted molar refractivity (Wildman–Crippen MR) is 104 cm³/mol. The molecule has 4 nitrogen and oxygen atoms in total. The van der Waals surface area contributed by atoms with E-state index in [1.54, 1.807) is 0 Å². The lowest BCUT2D eigenvalue weighted by Gasteiger charge is -2.57. The van der Waals surface area contributed by atoms with E-state index in [0.29, 0.717) is 11.5 Å². The van der Waals surface area contributed by atoms with Gasteiger partial charge in [-0.3, -0.25) is 9.69 Å². The lowest BCUT2D eigenvalue weighted by molar-refractivity contribution is -0.159. The summed E-state index contributed by atoms with van der Waals surface area (Å²) in [7, 11) is 0. The molecule has 0 radical (unpaired) electrons. The van der Waals surface area contributed by atoms with Crippen LogP contribution in [-0.2, 0) is 11.3 Å². The maximum absolute atomic E-state index is 13.5. The minimum Gasteiger partial charge on any atom is -0.340 e. The maximum atomic E-state index is 13.5. The van der Waals surface area contributed by atoms with Crippen LogP contribution in [0.4, 0.5) is 0 Å². The van der Waals surface area contributed by atoms with Crippen LogP contribution < -0.4 is 0 Å². The zero-order chi connectivity index (χ0) is 18.4. The van der Waals surface area contributed by atoms with Crippen molar-refractivity contribution in [2.75, 3.05) is 26.2 Å². The fraction of sp³-hybridized carbons (Fsp3) is 0.652. The van der Waals surface area contributed by atoms with E-state index in [2.05, 4.69) is 15.9 Å². The monoisotopic (exact) mass is 363 g/mol. The normalized spacial score (nSPS) is 35.2. The van der Waals surface area contributed by atoms with Gasteiger partial charge in [-0.05, 0) is 74.0 Å². The summed E-state index contributed by atoms with van der Waals surface area (Å²) in [5.74, 6) is 2.98. The average molecular weight is 364 g/mol. The summed E-state index contributed by atoms with van der Waals surface area (Å²) in [5, 5.41) is 8.92. The Labute approximate surface area is 162 Å². The van der Waals surface area contributed by atoms with Crippen LogP contribution in [0.5, 0.6) is 0 Å². The zero-order valence-electron chi connectivity index (χ0n) is 16.1. The minimum atomic E-state index is 0.00401. The number of hydrogen-bond acceptors (Lipinski definition) is 3. The van der Waals surface area contributed by atoms with Crippen molar-refractivity contribution in [3.8, 4) is 6.07 Å². The third-order valence-corrected chi connectivity index (χ3v) is 7.64. The summed E-state index contributed by atoms with van der Waals surface area (Å²) >= 11 is 0. The molecule has 142 valence electrons. The van der Waals surface area contributed by atoms with Crippen molar-refractivity contribution in [3.63, 3.8) is 0 Å². The third-order valence-electron chi connectivity index (χ3n) is 7.64. The van der Waals surface area contributed by atoms with Crippen molar-refractivity contribution < 1.29 is 4.79 Å². The van der Waals surface area contributed by atoms with E-state index in [1.165, 1.54) is 44.1 Å². The Hall–Kier alpha value is -1.86. The predicted octanol–water partition coefficient (Wildman–Crippen LogP) is 3.42. The molecule has 5 aliphatic rings. The summed E-state index contributed by atoms with van der Waals surface area (Å²) in [5.41, 5.74) is 1.96. The van der Waals surface area contributed by atoms with Gasteiger partial charge in [-0.25, -0.2) is 0 Å². The van der Waals surface area contributed by atoms with Crippen LogP contribution >= 0.6 is 0 Å². The Morgan fingerprint density at radius 1 is 0.963 bits per heavy atom. The molecule has 0 N–H and O–H groups in total. The Morgan fingerprint density at radius 2 is 1.52 bits per heavy atom. The molecule has 4 bridgehead atoms. The second kappa shape index (κ2) is 6.63. The Kier molecular flexibility index (Phi) is 4.24. The van der Waals surface area contributed by atoms with Crippen molar-refractivity contribution in [3.05, 3.63) is 35.4 Å². The second-order valence-electron chi connectivity index (χ2n) is 9.57. The summed E-state index contributed by atoms with van der Waals surface area (Å²) in [4.78, 5) is 18.1. The highest BCUT2D eigenvalue weighted by atomic mass is 16.2. The Balaban J connectivity index is 1.19. The standard InChI is InChI=1S/C23H29N3O/c24-15-17-1-3-18(4-2-17)16-25-5-7-26(8-6-25)22(27)23-12-19-9-20(13-23)11-21(10-19)14-23/h1-4,19-21H,5-14,16H2. The maximum Gasteiger partial charge on any atom is 0.228 e. The van der Waals surface area contributed by atoms with Crippen LogP contribution in [0.1, 0.15) is 49.7 Å². The molecule has 4 heteroatoms. The van der Waals surface area contributed by atoms with Crippen molar-refractivity contribution in [1.82, 2.24) is 9.80 Å². The first-order valence-electron chi connectivity index (χ1n) is 10.6. The highest BCUT2D eigenvalue weighted by Gasteiger charge is 2.55. The van der Waals surface area contributed by atoms with E-state index in [9.17, 15) is 4.79 Å². The molecule has 4 saturated carbocycles. The molecule has 4 aliphatic carbocycles. The number of piperazine rings is 1. The van der Waals surface area contributed by atoms with Gasteiger partial charge in [0.1, 0.15) is 0 Å². The van der Waals surface area contributed by atoms with Gasteiger partial charge in [-0.2, -0.15) is 5.26 Å². The van der Waals surface area contributed by atoms with Gasteiger partial charge in [0, 0.05) is 32.7 Å². The first kappa shape index (κ1) is 17.3. The highest BCUT2D eigenvalue weighted by molar-refractivity contribution is 5.83. The molecule has 1 heterocycles. The molecule has 0 spiro atoms. The lowest BCUT2D eigenvalue weighted by Crippen LogP contribution is -2.58.